The fourth-order valence-electron chi connectivity index (χ4n) is 3.51. The third-order valence-electron chi connectivity index (χ3n) is 5.37. The molecule has 5 N–H and O–H groups in total. The third-order valence-corrected chi connectivity index (χ3v) is 5.96. The van der Waals surface area contributed by atoms with E-state index in [1.54, 1.807) is 19.1 Å². The molecule has 0 saturated carbocycles. The lowest BCUT2D eigenvalue weighted by Gasteiger charge is -2.21. The zero-order valence-electron chi connectivity index (χ0n) is 20.4. The predicted octanol–water partition coefficient (Wildman–Crippen LogP) is 2.98. The van der Waals surface area contributed by atoms with Gasteiger partial charge in [-0.25, -0.2) is 13.2 Å². The third kappa shape index (κ3) is 8.67. The van der Waals surface area contributed by atoms with E-state index in [4.69, 9.17) is 14.6 Å². The first-order chi connectivity index (χ1) is 17.5. The molecular formula is C26H30N2O8S. The zero-order chi connectivity index (χ0) is 27.0. The molecule has 0 saturated heterocycles. The van der Waals surface area contributed by atoms with Crippen molar-refractivity contribution in [1.29, 1.82) is 0 Å². The van der Waals surface area contributed by atoms with Crippen molar-refractivity contribution in [2.45, 2.75) is 19.1 Å². The topological polar surface area (TPSA) is 154 Å². The average Bonchev–Trinajstić information content (AvgIpc) is 2.86. The van der Waals surface area contributed by atoms with Gasteiger partial charge >= 0.3 is 5.97 Å². The second kappa shape index (κ2) is 12.4. The molecule has 11 heteroatoms. The average molecular weight is 531 g/mol. The molecule has 3 aromatic rings. The molecule has 0 amide bonds. The van der Waals surface area contributed by atoms with E-state index in [9.17, 15) is 23.4 Å². The molecule has 0 aliphatic carbocycles. The van der Waals surface area contributed by atoms with Crippen LogP contribution in [0.15, 0.2) is 66.7 Å². The summed E-state index contributed by atoms with van der Waals surface area (Å²) in [5, 5.41) is 32.3. The predicted molar refractivity (Wildman–Crippen MR) is 140 cm³/mol. The van der Waals surface area contributed by atoms with Crippen LogP contribution < -0.4 is 19.5 Å². The van der Waals surface area contributed by atoms with Crippen LogP contribution in [-0.2, 0) is 14.8 Å². The van der Waals surface area contributed by atoms with Gasteiger partial charge < -0.3 is 30.1 Å². The zero-order valence-corrected chi connectivity index (χ0v) is 21.2. The quantitative estimate of drug-likeness (QED) is 0.166. The number of carboxylic acid groups (broad SMARTS) is 1. The molecule has 0 aromatic heterocycles. The van der Waals surface area contributed by atoms with Crippen molar-refractivity contribution in [2.24, 2.45) is 0 Å². The molecule has 0 unspecified atom stereocenters. The van der Waals surface area contributed by atoms with Gasteiger partial charge in [0.1, 0.15) is 23.9 Å². The fourth-order valence-corrected chi connectivity index (χ4v) is 4.07. The number of aromatic hydroxyl groups is 1. The summed E-state index contributed by atoms with van der Waals surface area (Å²) in [6, 6.07) is 18.5. The second-order valence-electron chi connectivity index (χ2n) is 8.42. The van der Waals surface area contributed by atoms with E-state index in [1.807, 2.05) is 36.4 Å². The molecule has 0 radical (unpaired) electrons. The van der Waals surface area contributed by atoms with E-state index in [0.717, 1.165) is 17.4 Å². The molecular weight excluding hydrogens is 500 g/mol. The number of phenolic OH excluding ortho intramolecular Hbond substituents is 1. The maximum absolute atomic E-state index is 11.5. The first-order valence-corrected chi connectivity index (χ1v) is 13.3. The first-order valence-electron chi connectivity index (χ1n) is 11.4. The summed E-state index contributed by atoms with van der Waals surface area (Å²) < 4.78 is 36.1. The Hall–Kier alpha value is -3.80. The van der Waals surface area contributed by atoms with Crippen LogP contribution in [-0.4, -0.2) is 61.8 Å². The number of aliphatic hydroxyl groups excluding tert-OH is 1. The summed E-state index contributed by atoms with van der Waals surface area (Å²) in [6.45, 7) is 2.19. The molecule has 0 bridgehead atoms. The maximum atomic E-state index is 11.5. The Morgan fingerprint density at radius 2 is 1.51 bits per heavy atom. The Labute approximate surface area is 215 Å². The standard InChI is InChI=1S/C26H30N2O8S/c1-17(26(32)20-7-12-24(29)23(15-20)28-37(2,33)34)27-13-14-35-21-8-3-18(4-9-21)19-5-10-22(11-6-19)36-16-25(30)31/h3-12,15,17,26-29,32H,13-14,16H2,1-2H3,(H,30,31)/t17-,26+/m0/s1. The van der Waals surface area contributed by atoms with Crippen molar-refractivity contribution < 1.29 is 38.0 Å². The molecule has 2 atom stereocenters. The minimum atomic E-state index is -3.58. The Balaban J connectivity index is 1.47. The van der Waals surface area contributed by atoms with Crippen LogP contribution in [0.25, 0.3) is 11.1 Å². The van der Waals surface area contributed by atoms with Crippen LogP contribution in [0.2, 0.25) is 0 Å². The number of nitrogens with one attached hydrogen (secondary N) is 2. The van der Waals surface area contributed by atoms with Gasteiger partial charge in [0.15, 0.2) is 6.61 Å². The number of carbonyl (C=O) groups is 1. The number of ether oxygens (including phenoxy) is 2. The SMILES string of the molecule is C[C@H](NCCOc1ccc(-c2ccc(OCC(=O)O)cc2)cc1)[C@@H](O)c1ccc(O)c(NS(C)(=O)=O)c1. The van der Waals surface area contributed by atoms with Crippen LogP contribution in [0, 0.1) is 0 Å². The molecule has 37 heavy (non-hydrogen) atoms. The van der Waals surface area contributed by atoms with Crippen LogP contribution in [0.1, 0.15) is 18.6 Å². The van der Waals surface area contributed by atoms with Gasteiger partial charge in [0.05, 0.1) is 18.0 Å². The summed E-state index contributed by atoms with van der Waals surface area (Å²) in [5.41, 5.74) is 2.36. The Morgan fingerprint density at radius 1 is 0.946 bits per heavy atom. The second-order valence-corrected chi connectivity index (χ2v) is 10.2. The lowest BCUT2D eigenvalue weighted by molar-refractivity contribution is -0.139. The molecule has 3 aromatic carbocycles. The Kier molecular flexibility index (Phi) is 9.34. The molecule has 0 fully saturated rings. The highest BCUT2D eigenvalue weighted by atomic mass is 32.2. The van der Waals surface area contributed by atoms with Crippen LogP contribution in [0.4, 0.5) is 5.69 Å². The van der Waals surface area contributed by atoms with Crippen molar-refractivity contribution in [3.63, 3.8) is 0 Å². The van der Waals surface area contributed by atoms with E-state index in [1.165, 1.54) is 18.2 Å². The molecule has 0 aliphatic rings. The van der Waals surface area contributed by atoms with E-state index in [0.29, 0.717) is 30.2 Å². The summed E-state index contributed by atoms with van der Waals surface area (Å²) in [6.07, 6.45) is 0.0348. The van der Waals surface area contributed by atoms with Crippen LogP contribution in [0.3, 0.4) is 0 Å². The smallest absolute Gasteiger partial charge is 0.341 e. The molecule has 0 aliphatic heterocycles. The highest BCUT2D eigenvalue weighted by Gasteiger charge is 2.18. The normalized spacial score (nSPS) is 12.9. The monoisotopic (exact) mass is 530 g/mol. The highest BCUT2D eigenvalue weighted by Crippen LogP contribution is 2.29. The van der Waals surface area contributed by atoms with Crippen molar-refractivity contribution in [3.05, 3.63) is 72.3 Å². The largest absolute Gasteiger partial charge is 0.506 e. The number of anilines is 1. The van der Waals surface area contributed by atoms with Gasteiger partial charge in [-0.15, -0.1) is 0 Å². The van der Waals surface area contributed by atoms with Gasteiger partial charge in [0.2, 0.25) is 10.0 Å². The number of hydrogen-bond acceptors (Lipinski definition) is 8. The molecule has 0 heterocycles. The van der Waals surface area contributed by atoms with E-state index >= 15 is 0 Å². The lowest BCUT2D eigenvalue weighted by atomic mass is 10.0. The van der Waals surface area contributed by atoms with Crippen molar-refractivity contribution in [1.82, 2.24) is 5.32 Å². The molecule has 10 nitrogen and oxygen atoms in total. The fraction of sp³-hybridized carbons (Fsp3) is 0.269. The summed E-state index contributed by atoms with van der Waals surface area (Å²) in [7, 11) is -3.58. The number of sulfonamides is 1. The minimum absolute atomic E-state index is 0.000456. The van der Waals surface area contributed by atoms with Gasteiger partial charge in [-0.2, -0.15) is 0 Å². The van der Waals surface area contributed by atoms with Crippen molar-refractivity contribution in [3.8, 4) is 28.4 Å². The summed E-state index contributed by atoms with van der Waals surface area (Å²) >= 11 is 0. The highest BCUT2D eigenvalue weighted by molar-refractivity contribution is 7.92. The number of phenols is 1. The van der Waals surface area contributed by atoms with E-state index in [-0.39, 0.29) is 17.5 Å². The van der Waals surface area contributed by atoms with E-state index < -0.39 is 28.7 Å². The number of carboxylic acids is 1. The summed E-state index contributed by atoms with van der Waals surface area (Å²) in [5.74, 6) is -0.108. The van der Waals surface area contributed by atoms with Gasteiger partial charge in [-0.3, -0.25) is 4.72 Å². The number of aliphatic carboxylic acids is 1. The van der Waals surface area contributed by atoms with Gasteiger partial charge in [0.25, 0.3) is 0 Å². The molecule has 0 spiro atoms. The van der Waals surface area contributed by atoms with Crippen LogP contribution in [0.5, 0.6) is 17.2 Å². The Bertz CT molecular complexity index is 1300. The first kappa shape index (κ1) is 27.8. The molecule has 198 valence electrons. The Morgan fingerprint density at radius 3 is 2.05 bits per heavy atom. The van der Waals surface area contributed by atoms with Gasteiger partial charge in [-0.05, 0) is 60.0 Å². The van der Waals surface area contributed by atoms with Gasteiger partial charge in [-0.1, -0.05) is 30.3 Å². The lowest BCUT2D eigenvalue weighted by Crippen LogP contribution is -2.35. The number of benzene rings is 3. The molecule has 3 rings (SSSR count). The van der Waals surface area contributed by atoms with Crippen molar-refractivity contribution in [2.75, 3.05) is 30.7 Å². The maximum Gasteiger partial charge on any atom is 0.341 e. The van der Waals surface area contributed by atoms with Gasteiger partial charge in [0, 0.05) is 12.6 Å². The number of aliphatic hydroxyl groups is 1. The number of hydrogen-bond donors (Lipinski definition) is 5. The van der Waals surface area contributed by atoms with Crippen LogP contribution >= 0.6 is 0 Å². The van der Waals surface area contributed by atoms with Crippen molar-refractivity contribution >= 4 is 21.7 Å². The number of rotatable bonds is 13. The van der Waals surface area contributed by atoms with E-state index in [2.05, 4.69) is 10.0 Å². The summed E-state index contributed by atoms with van der Waals surface area (Å²) in [4.78, 5) is 10.6. The minimum Gasteiger partial charge on any atom is -0.506 e.